The molecule has 1 heterocycles. The highest BCUT2D eigenvalue weighted by atomic mass is 16.5. The molecule has 3 rings (SSSR count). The van der Waals surface area contributed by atoms with Crippen LogP contribution in [0.5, 0.6) is 5.75 Å². The Balaban J connectivity index is 1.74. The largest absolute Gasteiger partial charge is 0.487 e. The third-order valence-corrected chi connectivity index (χ3v) is 3.53. The van der Waals surface area contributed by atoms with Gasteiger partial charge in [-0.05, 0) is 30.2 Å². The summed E-state index contributed by atoms with van der Waals surface area (Å²) >= 11 is 0. The monoisotopic (exact) mass is 282 g/mol. The number of hydrogen-bond acceptors (Lipinski definition) is 3. The molecule has 0 atom stereocenters. The van der Waals surface area contributed by atoms with Crippen LogP contribution in [0.3, 0.4) is 0 Å². The fraction of sp³-hybridized carbons (Fsp3) is 0.235. The first-order valence-electron chi connectivity index (χ1n) is 7.01. The number of fused-ring (bicyclic) bond motifs is 1. The SMILES string of the molecule is Cn1nc(COc2ccc(CCO)cc2)c2ccccc21. The van der Waals surface area contributed by atoms with Gasteiger partial charge in [-0.1, -0.05) is 30.3 Å². The second kappa shape index (κ2) is 5.97. The first-order chi connectivity index (χ1) is 10.3. The molecule has 0 aliphatic carbocycles. The molecule has 108 valence electrons. The number of para-hydroxylation sites is 1. The first kappa shape index (κ1) is 13.6. The molecule has 0 aliphatic rings. The molecular weight excluding hydrogens is 264 g/mol. The summed E-state index contributed by atoms with van der Waals surface area (Å²) in [4.78, 5) is 0. The van der Waals surface area contributed by atoms with Gasteiger partial charge >= 0.3 is 0 Å². The Morgan fingerprint density at radius 2 is 1.86 bits per heavy atom. The smallest absolute Gasteiger partial charge is 0.133 e. The molecule has 1 N–H and O–H groups in total. The zero-order chi connectivity index (χ0) is 14.7. The van der Waals surface area contributed by atoms with Crippen LogP contribution in [0.15, 0.2) is 48.5 Å². The summed E-state index contributed by atoms with van der Waals surface area (Å²) < 4.78 is 7.68. The number of aliphatic hydroxyl groups excluding tert-OH is 1. The van der Waals surface area contributed by atoms with Crippen LogP contribution in [0.4, 0.5) is 0 Å². The Morgan fingerprint density at radius 3 is 2.62 bits per heavy atom. The summed E-state index contributed by atoms with van der Waals surface area (Å²) in [6, 6.07) is 15.9. The average molecular weight is 282 g/mol. The lowest BCUT2D eigenvalue weighted by molar-refractivity contribution is 0.297. The van der Waals surface area contributed by atoms with Gasteiger partial charge in [0.1, 0.15) is 18.1 Å². The minimum absolute atomic E-state index is 0.167. The van der Waals surface area contributed by atoms with Gasteiger partial charge in [0.2, 0.25) is 0 Å². The minimum Gasteiger partial charge on any atom is -0.487 e. The van der Waals surface area contributed by atoms with Crippen molar-refractivity contribution >= 4 is 10.9 Å². The normalized spacial score (nSPS) is 11.0. The summed E-state index contributed by atoms with van der Waals surface area (Å²) in [7, 11) is 1.94. The highest BCUT2D eigenvalue weighted by Gasteiger charge is 2.08. The Labute approximate surface area is 123 Å². The van der Waals surface area contributed by atoms with Crippen molar-refractivity contribution < 1.29 is 9.84 Å². The van der Waals surface area contributed by atoms with Crippen molar-refractivity contribution in [3.05, 3.63) is 59.8 Å². The van der Waals surface area contributed by atoms with E-state index in [-0.39, 0.29) is 6.61 Å². The van der Waals surface area contributed by atoms with Crippen LogP contribution >= 0.6 is 0 Å². The summed E-state index contributed by atoms with van der Waals surface area (Å²) in [5.41, 5.74) is 3.15. The lowest BCUT2D eigenvalue weighted by Crippen LogP contribution is -1.98. The van der Waals surface area contributed by atoms with Crippen molar-refractivity contribution in [2.75, 3.05) is 6.61 Å². The Hall–Kier alpha value is -2.33. The van der Waals surface area contributed by atoms with Gasteiger partial charge in [-0.3, -0.25) is 4.68 Å². The number of ether oxygens (including phenoxy) is 1. The van der Waals surface area contributed by atoms with Gasteiger partial charge in [-0.25, -0.2) is 0 Å². The number of aryl methyl sites for hydroxylation is 1. The number of benzene rings is 2. The van der Waals surface area contributed by atoms with Crippen molar-refractivity contribution in [1.82, 2.24) is 9.78 Å². The number of aromatic nitrogens is 2. The van der Waals surface area contributed by atoms with Crippen LogP contribution in [0.1, 0.15) is 11.3 Å². The van der Waals surface area contributed by atoms with E-state index in [0.717, 1.165) is 27.9 Å². The van der Waals surface area contributed by atoms with Gasteiger partial charge in [0.05, 0.1) is 5.52 Å². The quantitative estimate of drug-likeness (QED) is 0.782. The van der Waals surface area contributed by atoms with Crippen molar-refractivity contribution in [2.24, 2.45) is 7.05 Å². The third kappa shape index (κ3) is 2.90. The van der Waals surface area contributed by atoms with Crippen molar-refractivity contribution in [3.63, 3.8) is 0 Å². The lowest BCUT2D eigenvalue weighted by Gasteiger charge is -2.05. The topological polar surface area (TPSA) is 47.3 Å². The number of nitrogens with zero attached hydrogens (tertiary/aromatic N) is 2. The number of rotatable bonds is 5. The first-order valence-corrected chi connectivity index (χ1v) is 7.01. The maximum atomic E-state index is 8.90. The Bertz CT molecular complexity index is 732. The predicted octanol–water partition coefficient (Wildman–Crippen LogP) is 2.69. The summed E-state index contributed by atoms with van der Waals surface area (Å²) in [5.74, 6) is 0.812. The van der Waals surface area contributed by atoms with E-state index in [4.69, 9.17) is 9.84 Å². The second-order valence-electron chi connectivity index (χ2n) is 4.99. The van der Waals surface area contributed by atoms with Crippen LogP contribution < -0.4 is 4.74 Å². The van der Waals surface area contributed by atoms with Crippen LogP contribution in [0, 0.1) is 0 Å². The van der Waals surface area contributed by atoms with E-state index in [9.17, 15) is 0 Å². The van der Waals surface area contributed by atoms with Gasteiger partial charge in [-0.2, -0.15) is 5.10 Å². The molecule has 0 aliphatic heterocycles. The molecule has 21 heavy (non-hydrogen) atoms. The standard InChI is InChI=1S/C17H18N2O2/c1-19-17-5-3-2-4-15(17)16(18-19)12-21-14-8-6-13(7-9-14)10-11-20/h2-9,20H,10-12H2,1H3. The molecule has 0 amide bonds. The minimum atomic E-state index is 0.167. The van der Waals surface area contributed by atoms with Gasteiger partial charge in [0.15, 0.2) is 0 Å². The molecule has 0 saturated carbocycles. The molecule has 0 radical (unpaired) electrons. The molecule has 0 bridgehead atoms. The third-order valence-electron chi connectivity index (χ3n) is 3.53. The molecule has 0 fully saturated rings. The predicted molar refractivity (Wildman–Crippen MR) is 82.3 cm³/mol. The van der Waals surface area contributed by atoms with Crippen LogP contribution in [-0.4, -0.2) is 21.5 Å². The number of aliphatic hydroxyl groups is 1. The van der Waals surface area contributed by atoms with E-state index in [1.54, 1.807) is 0 Å². The van der Waals surface area contributed by atoms with Gasteiger partial charge in [0.25, 0.3) is 0 Å². The fourth-order valence-electron chi connectivity index (χ4n) is 2.43. The van der Waals surface area contributed by atoms with Crippen LogP contribution in [-0.2, 0) is 20.1 Å². The molecule has 0 unspecified atom stereocenters. The Morgan fingerprint density at radius 1 is 1.10 bits per heavy atom. The summed E-state index contributed by atoms with van der Waals surface area (Å²) in [6.45, 7) is 0.612. The van der Waals surface area contributed by atoms with E-state index in [0.29, 0.717) is 13.0 Å². The average Bonchev–Trinajstić information content (AvgIpc) is 2.84. The molecule has 4 heteroatoms. The van der Waals surface area contributed by atoms with Crippen molar-refractivity contribution in [3.8, 4) is 5.75 Å². The van der Waals surface area contributed by atoms with E-state index in [1.165, 1.54) is 0 Å². The maximum Gasteiger partial charge on any atom is 0.133 e. The van der Waals surface area contributed by atoms with Crippen molar-refractivity contribution in [2.45, 2.75) is 13.0 Å². The highest BCUT2D eigenvalue weighted by molar-refractivity contribution is 5.81. The van der Waals surface area contributed by atoms with E-state index < -0.39 is 0 Å². The molecule has 4 nitrogen and oxygen atoms in total. The lowest BCUT2D eigenvalue weighted by atomic mass is 10.1. The number of hydrogen-bond donors (Lipinski definition) is 1. The maximum absolute atomic E-state index is 8.90. The van der Waals surface area contributed by atoms with Gasteiger partial charge in [0, 0.05) is 19.0 Å². The molecule has 1 aromatic heterocycles. The van der Waals surface area contributed by atoms with Gasteiger partial charge in [-0.15, -0.1) is 0 Å². The summed E-state index contributed by atoms with van der Waals surface area (Å²) in [6.07, 6.45) is 0.672. The zero-order valence-electron chi connectivity index (χ0n) is 12.0. The van der Waals surface area contributed by atoms with E-state index in [1.807, 2.05) is 48.1 Å². The van der Waals surface area contributed by atoms with E-state index in [2.05, 4.69) is 17.2 Å². The Kier molecular flexibility index (Phi) is 3.88. The molecule has 3 aromatic rings. The van der Waals surface area contributed by atoms with Crippen molar-refractivity contribution in [1.29, 1.82) is 0 Å². The molecule has 2 aromatic carbocycles. The molecule has 0 spiro atoms. The molecule has 0 saturated heterocycles. The fourth-order valence-corrected chi connectivity index (χ4v) is 2.43. The van der Waals surface area contributed by atoms with Gasteiger partial charge < -0.3 is 9.84 Å². The zero-order valence-corrected chi connectivity index (χ0v) is 12.0. The van der Waals surface area contributed by atoms with E-state index >= 15 is 0 Å². The van der Waals surface area contributed by atoms with Crippen LogP contribution in [0.2, 0.25) is 0 Å². The highest BCUT2D eigenvalue weighted by Crippen LogP contribution is 2.20. The molecular formula is C17H18N2O2. The summed E-state index contributed by atoms with van der Waals surface area (Å²) in [5, 5.41) is 14.5. The van der Waals surface area contributed by atoms with Crippen LogP contribution in [0.25, 0.3) is 10.9 Å². The second-order valence-corrected chi connectivity index (χ2v) is 4.99.